The molecule has 1 N–H and O–H groups in total. The second kappa shape index (κ2) is 5.50. The third kappa shape index (κ3) is 2.78. The van der Waals surface area contributed by atoms with Crippen LogP contribution in [-0.2, 0) is 11.3 Å². The maximum Gasteiger partial charge on any atom is 0.161 e. The summed E-state index contributed by atoms with van der Waals surface area (Å²) in [5, 5.41) is 17.9. The highest BCUT2D eigenvalue weighted by Gasteiger charge is 2.20. The molecule has 1 aliphatic rings. The number of halogens is 1. The summed E-state index contributed by atoms with van der Waals surface area (Å²) in [6.07, 6.45) is -0.361. The van der Waals surface area contributed by atoms with Crippen molar-refractivity contribution in [3.05, 3.63) is 28.2 Å². The highest BCUT2D eigenvalue weighted by atomic mass is 79.9. The summed E-state index contributed by atoms with van der Waals surface area (Å²) >= 11 is 3.42. The topological polar surface area (TPSA) is 56.5 Å². The van der Waals surface area contributed by atoms with Crippen LogP contribution < -0.4 is 4.90 Å². The molecular weight excluding hydrogens is 284 g/mol. The fourth-order valence-corrected chi connectivity index (χ4v) is 2.32. The molecule has 2 rings (SSSR count). The van der Waals surface area contributed by atoms with Crippen LogP contribution >= 0.6 is 15.9 Å². The van der Waals surface area contributed by atoms with Gasteiger partial charge in [-0.1, -0.05) is 22.0 Å². The Morgan fingerprint density at radius 1 is 1.59 bits per heavy atom. The van der Waals surface area contributed by atoms with E-state index in [4.69, 9.17) is 15.1 Å². The second-order valence-corrected chi connectivity index (χ2v) is 4.72. The van der Waals surface area contributed by atoms with Gasteiger partial charge in [-0.25, -0.2) is 0 Å². The zero-order valence-electron chi connectivity index (χ0n) is 9.27. The molecule has 1 fully saturated rings. The van der Waals surface area contributed by atoms with Gasteiger partial charge in [-0.05, 0) is 17.7 Å². The van der Waals surface area contributed by atoms with Gasteiger partial charge in [0.25, 0.3) is 0 Å². The lowest BCUT2D eigenvalue weighted by Crippen LogP contribution is -2.41. The molecule has 0 aliphatic carbocycles. The number of rotatable bonds is 2. The van der Waals surface area contributed by atoms with E-state index in [0.717, 1.165) is 22.3 Å². The lowest BCUT2D eigenvalue weighted by molar-refractivity contribution is 0.0764. The number of benzene rings is 1. The first-order valence-corrected chi connectivity index (χ1v) is 6.19. The monoisotopic (exact) mass is 296 g/mol. The predicted octanol–water partition coefficient (Wildman–Crippen LogP) is 1.67. The molecule has 0 saturated carbocycles. The van der Waals surface area contributed by atoms with E-state index >= 15 is 0 Å². The van der Waals surface area contributed by atoms with Gasteiger partial charge >= 0.3 is 0 Å². The predicted molar refractivity (Wildman–Crippen MR) is 67.6 cm³/mol. The van der Waals surface area contributed by atoms with Crippen LogP contribution in [0.4, 0.5) is 5.69 Å². The molecule has 17 heavy (non-hydrogen) atoms. The summed E-state index contributed by atoms with van der Waals surface area (Å²) in [6.45, 7) is 1.95. The summed E-state index contributed by atoms with van der Waals surface area (Å²) in [5.41, 5.74) is 1.90. The summed E-state index contributed by atoms with van der Waals surface area (Å²) < 4.78 is 6.19. The number of ether oxygens (including phenoxy) is 1. The average molecular weight is 297 g/mol. The molecule has 90 valence electrons. The van der Waals surface area contributed by atoms with Crippen molar-refractivity contribution in [2.24, 2.45) is 0 Å². The van der Waals surface area contributed by atoms with Gasteiger partial charge in [0.1, 0.15) is 0 Å². The first kappa shape index (κ1) is 12.4. The molecule has 0 bridgehead atoms. The van der Waals surface area contributed by atoms with Gasteiger partial charge in [0.05, 0.1) is 25.8 Å². The van der Waals surface area contributed by atoms with E-state index in [1.807, 2.05) is 18.2 Å². The van der Waals surface area contributed by atoms with Crippen molar-refractivity contribution in [2.45, 2.75) is 12.7 Å². The number of nitriles is 1. The van der Waals surface area contributed by atoms with Crippen molar-refractivity contribution in [2.75, 3.05) is 24.6 Å². The van der Waals surface area contributed by atoms with Gasteiger partial charge < -0.3 is 14.7 Å². The Bertz CT molecular complexity index is 445. The minimum Gasteiger partial charge on any atom is -0.392 e. The van der Waals surface area contributed by atoms with Crippen molar-refractivity contribution < 1.29 is 9.84 Å². The molecule has 0 spiro atoms. The van der Waals surface area contributed by atoms with Crippen LogP contribution in [0, 0.1) is 11.3 Å². The summed E-state index contributed by atoms with van der Waals surface area (Å²) in [7, 11) is 0. The Hall–Kier alpha value is -1.09. The first-order chi connectivity index (χ1) is 8.24. The van der Waals surface area contributed by atoms with E-state index in [1.165, 1.54) is 0 Å². The van der Waals surface area contributed by atoms with Crippen molar-refractivity contribution in [1.29, 1.82) is 5.26 Å². The molecule has 0 radical (unpaired) electrons. The molecule has 5 heteroatoms. The van der Waals surface area contributed by atoms with Gasteiger partial charge in [-0.2, -0.15) is 5.26 Å². The number of aliphatic hydroxyl groups excluding tert-OH is 1. The highest BCUT2D eigenvalue weighted by molar-refractivity contribution is 9.10. The number of hydrogen-bond acceptors (Lipinski definition) is 4. The van der Waals surface area contributed by atoms with Crippen molar-refractivity contribution in [3.63, 3.8) is 0 Å². The minimum absolute atomic E-state index is 0.0186. The molecule has 1 atom stereocenters. The molecule has 0 amide bonds. The summed E-state index contributed by atoms with van der Waals surface area (Å²) in [4.78, 5) is 2.11. The molecule has 1 heterocycles. The van der Waals surface area contributed by atoms with Crippen LogP contribution in [0.1, 0.15) is 5.56 Å². The quantitative estimate of drug-likeness (QED) is 0.902. The molecule has 4 nitrogen and oxygen atoms in total. The lowest BCUT2D eigenvalue weighted by atomic mass is 10.2. The van der Waals surface area contributed by atoms with E-state index in [9.17, 15) is 0 Å². The summed E-state index contributed by atoms with van der Waals surface area (Å²) in [5.74, 6) is 0. The number of aliphatic hydroxyl groups is 1. The van der Waals surface area contributed by atoms with Crippen molar-refractivity contribution in [3.8, 4) is 6.07 Å². The second-order valence-electron chi connectivity index (χ2n) is 3.87. The molecule has 1 aromatic rings. The van der Waals surface area contributed by atoms with Gasteiger partial charge in [0.15, 0.2) is 6.10 Å². The average Bonchev–Trinajstić information content (AvgIpc) is 2.38. The number of nitrogens with zero attached hydrogens (tertiary/aromatic N) is 2. The first-order valence-electron chi connectivity index (χ1n) is 5.40. The normalized spacial score (nSPS) is 20.1. The van der Waals surface area contributed by atoms with Gasteiger partial charge in [-0.15, -0.1) is 0 Å². The Labute approximate surface area is 109 Å². The maximum absolute atomic E-state index is 9.09. The number of morpholine rings is 1. The number of hydrogen-bond donors (Lipinski definition) is 1. The minimum atomic E-state index is -0.361. The standard InChI is InChI=1S/C12H13BrN2O2/c13-12-5-10(2-1-9(12)8-16)15-3-4-17-11(6-14)7-15/h1-2,5,11,16H,3-4,7-8H2. The van der Waals surface area contributed by atoms with Crippen LogP contribution in [0.25, 0.3) is 0 Å². The number of anilines is 1. The smallest absolute Gasteiger partial charge is 0.161 e. The third-order valence-corrected chi connectivity index (χ3v) is 3.52. The van der Waals surface area contributed by atoms with Crippen molar-refractivity contribution in [1.82, 2.24) is 0 Å². The van der Waals surface area contributed by atoms with Crippen LogP contribution in [0.15, 0.2) is 22.7 Å². The van der Waals surface area contributed by atoms with Gasteiger partial charge in [0.2, 0.25) is 0 Å². The fraction of sp³-hybridized carbons (Fsp3) is 0.417. The highest BCUT2D eigenvalue weighted by Crippen LogP contribution is 2.25. The van der Waals surface area contributed by atoms with E-state index < -0.39 is 0 Å². The maximum atomic E-state index is 9.09. The Kier molecular flexibility index (Phi) is 4.00. The van der Waals surface area contributed by atoms with Crippen LogP contribution in [0.5, 0.6) is 0 Å². The van der Waals surface area contributed by atoms with E-state index in [-0.39, 0.29) is 12.7 Å². The summed E-state index contributed by atoms with van der Waals surface area (Å²) in [6, 6.07) is 7.93. The lowest BCUT2D eigenvalue weighted by Gasteiger charge is -2.31. The fourth-order valence-electron chi connectivity index (χ4n) is 1.82. The van der Waals surface area contributed by atoms with Gasteiger partial charge in [0, 0.05) is 16.7 Å². The van der Waals surface area contributed by atoms with Gasteiger partial charge in [-0.3, -0.25) is 0 Å². The molecular formula is C12H13BrN2O2. The molecule has 1 unspecified atom stereocenters. The van der Waals surface area contributed by atoms with Crippen LogP contribution in [0.2, 0.25) is 0 Å². The third-order valence-electron chi connectivity index (χ3n) is 2.78. The molecule has 1 aliphatic heterocycles. The van der Waals surface area contributed by atoms with Crippen LogP contribution in [0.3, 0.4) is 0 Å². The van der Waals surface area contributed by atoms with Crippen LogP contribution in [-0.4, -0.2) is 30.9 Å². The Morgan fingerprint density at radius 2 is 2.41 bits per heavy atom. The van der Waals surface area contributed by atoms with Crippen molar-refractivity contribution >= 4 is 21.6 Å². The zero-order chi connectivity index (χ0) is 12.3. The van der Waals surface area contributed by atoms with E-state index in [0.29, 0.717) is 13.2 Å². The molecule has 1 saturated heterocycles. The molecule has 0 aromatic heterocycles. The van der Waals surface area contributed by atoms with E-state index in [2.05, 4.69) is 26.9 Å². The zero-order valence-corrected chi connectivity index (χ0v) is 10.9. The SMILES string of the molecule is N#CC1CN(c2ccc(CO)c(Br)c2)CCO1. The Morgan fingerprint density at radius 3 is 3.06 bits per heavy atom. The van der Waals surface area contributed by atoms with E-state index in [1.54, 1.807) is 0 Å². The Balaban J connectivity index is 2.17. The molecule has 1 aromatic carbocycles. The largest absolute Gasteiger partial charge is 0.392 e.